The van der Waals surface area contributed by atoms with Gasteiger partial charge in [0.25, 0.3) is 0 Å². The molecule has 0 spiro atoms. The van der Waals surface area contributed by atoms with Crippen LogP contribution in [0, 0.1) is 5.92 Å². The van der Waals surface area contributed by atoms with E-state index in [2.05, 4.69) is 29.1 Å². The largest absolute Gasteiger partial charge is 0.310 e. The highest BCUT2D eigenvalue weighted by Crippen LogP contribution is 2.27. The van der Waals surface area contributed by atoms with E-state index >= 15 is 0 Å². The van der Waals surface area contributed by atoms with Crippen LogP contribution in [0.25, 0.3) is 0 Å². The molecule has 2 heteroatoms. The Balaban J connectivity index is 1.80. The summed E-state index contributed by atoms with van der Waals surface area (Å²) in [5, 5.41) is 8.16. The monoisotopic (exact) mass is 237 g/mol. The van der Waals surface area contributed by atoms with Gasteiger partial charge in [-0.25, -0.2) is 0 Å². The number of nitrogens with one attached hydrogen (secondary N) is 1. The SMILES string of the molecule is CCC(NCc1ccsc1)C1CCCCC1. The van der Waals surface area contributed by atoms with Crippen LogP contribution in [0.2, 0.25) is 0 Å². The van der Waals surface area contributed by atoms with E-state index in [1.54, 1.807) is 11.3 Å². The molecular weight excluding hydrogens is 214 g/mol. The van der Waals surface area contributed by atoms with Crippen LogP contribution in [0.15, 0.2) is 16.8 Å². The molecule has 1 aromatic heterocycles. The lowest BCUT2D eigenvalue weighted by molar-refractivity contribution is 0.262. The third-order valence-electron chi connectivity index (χ3n) is 3.81. The summed E-state index contributed by atoms with van der Waals surface area (Å²) in [5.41, 5.74) is 1.44. The molecule has 1 aliphatic rings. The number of hydrogen-bond acceptors (Lipinski definition) is 2. The normalized spacial score (nSPS) is 19.8. The maximum Gasteiger partial charge on any atom is 0.0216 e. The highest BCUT2D eigenvalue weighted by Gasteiger charge is 2.21. The van der Waals surface area contributed by atoms with Crippen molar-refractivity contribution >= 4 is 11.3 Å². The average molecular weight is 237 g/mol. The topological polar surface area (TPSA) is 12.0 Å². The van der Waals surface area contributed by atoms with Crippen LogP contribution in [0.5, 0.6) is 0 Å². The first-order chi connectivity index (χ1) is 7.90. The molecule has 16 heavy (non-hydrogen) atoms. The average Bonchev–Trinajstić information content (AvgIpc) is 2.84. The Kier molecular flexibility index (Phi) is 4.86. The summed E-state index contributed by atoms with van der Waals surface area (Å²) >= 11 is 1.79. The van der Waals surface area contributed by atoms with Crippen molar-refractivity contribution in [3.05, 3.63) is 22.4 Å². The highest BCUT2D eigenvalue weighted by atomic mass is 32.1. The van der Waals surface area contributed by atoms with Gasteiger partial charge in [0.05, 0.1) is 0 Å². The molecule has 0 amide bonds. The first-order valence-corrected chi connectivity index (χ1v) is 7.59. The maximum atomic E-state index is 3.75. The van der Waals surface area contributed by atoms with Gasteiger partial charge in [0.2, 0.25) is 0 Å². The minimum Gasteiger partial charge on any atom is -0.310 e. The zero-order chi connectivity index (χ0) is 11.2. The summed E-state index contributed by atoms with van der Waals surface area (Å²) in [6.07, 6.45) is 8.50. The van der Waals surface area contributed by atoms with Crippen LogP contribution in [-0.4, -0.2) is 6.04 Å². The molecule has 1 fully saturated rings. The van der Waals surface area contributed by atoms with E-state index in [4.69, 9.17) is 0 Å². The van der Waals surface area contributed by atoms with Crippen LogP contribution in [0.1, 0.15) is 51.0 Å². The van der Waals surface area contributed by atoms with Crippen molar-refractivity contribution in [1.29, 1.82) is 0 Å². The minimum atomic E-state index is 0.736. The molecule has 1 atom stereocenters. The van der Waals surface area contributed by atoms with E-state index in [1.807, 2.05) is 0 Å². The van der Waals surface area contributed by atoms with E-state index in [1.165, 1.54) is 44.1 Å². The van der Waals surface area contributed by atoms with Crippen molar-refractivity contribution in [2.24, 2.45) is 5.92 Å². The van der Waals surface area contributed by atoms with Gasteiger partial charge in [-0.3, -0.25) is 0 Å². The molecule has 1 unspecified atom stereocenters. The fourth-order valence-corrected chi connectivity index (χ4v) is 3.49. The minimum absolute atomic E-state index is 0.736. The molecule has 2 rings (SSSR count). The Morgan fingerprint density at radius 2 is 2.19 bits per heavy atom. The summed E-state index contributed by atoms with van der Waals surface area (Å²) < 4.78 is 0. The molecule has 90 valence electrons. The van der Waals surface area contributed by atoms with Gasteiger partial charge in [0, 0.05) is 12.6 Å². The summed E-state index contributed by atoms with van der Waals surface area (Å²) in [7, 11) is 0. The molecule has 0 aromatic carbocycles. The molecular formula is C14H23NS. The molecule has 1 N–H and O–H groups in total. The van der Waals surface area contributed by atoms with Gasteiger partial charge in [-0.2, -0.15) is 11.3 Å². The quantitative estimate of drug-likeness (QED) is 0.809. The zero-order valence-electron chi connectivity index (χ0n) is 10.2. The van der Waals surface area contributed by atoms with Crippen LogP contribution >= 0.6 is 11.3 Å². The first-order valence-electron chi connectivity index (χ1n) is 6.64. The fraction of sp³-hybridized carbons (Fsp3) is 0.714. The van der Waals surface area contributed by atoms with E-state index in [-0.39, 0.29) is 0 Å². The molecule has 1 aliphatic carbocycles. The van der Waals surface area contributed by atoms with Gasteiger partial charge in [-0.05, 0) is 47.6 Å². The first kappa shape index (κ1) is 12.1. The summed E-state index contributed by atoms with van der Waals surface area (Å²) in [6, 6.07) is 2.96. The Bertz CT molecular complexity index is 275. The second-order valence-corrected chi connectivity index (χ2v) is 5.71. The van der Waals surface area contributed by atoms with Crippen molar-refractivity contribution in [2.75, 3.05) is 0 Å². The molecule has 0 saturated heterocycles. The number of thiophene rings is 1. The van der Waals surface area contributed by atoms with Crippen LogP contribution in [0.4, 0.5) is 0 Å². The standard InChI is InChI=1S/C14H23NS/c1-2-14(13-6-4-3-5-7-13)15-10-12-8-9-16-11-12/h8-9,11,13-15H,2-7,10H2,1H3. The Hall–Kier alpha value is -0.340. The molecule has 1 nitrogen and oxygen atoms in total. The molecule has 0 radical (unpaired) electrons. The maximum absolute atomic E-state index is 3.75. The highest BCUT2D eigenvalue weighted by molar-refractivity contribution is 7.07. The van der Waals surface area contributed by atoms with Crippen LogP contribution < -0.4 is 5.32 Å². The van der Waals surface area contributed by atoms with E-state index in [0.29, 0.717) is 0 Å². The number of rotatable bonds is 5. The smallest absolute Gasteiger partial charge is 0.0216 e. The third-order valence-corrected chi connectivity index (χ3v) is 4.54. The Morgan fingerprint density at radius 1 is 1.38 bits per heavy atom. The van der Waals surface area contributed by atoms with Gasteiger partial charge < -0.3 is 5.32 Å². The molecule has 0 aliphatic heterocycles. The van der Waals surface area contributed by atoms with Gasteiger partial charge in [-0.1, -0.05) is 26.2 Å². The summed E-state index contributed by atoms with van der Waals surface area (Å²) in [5.74, 6) is 0.928. The molecule has 1 heterocycles. The molecule has 1 saturated carbocycles. The van der Waals surface area contributed by atoms with Gasteiger partial charge >= 0.3 is 0 Å². The van der Waals surface area contributed by atoms with Gasteiger partial charge in [-0.15, -0.1) is 0 Å². The van der Waals surface area contributed by atoms with Gasteiger partial charge in [0.1, 0.15) is 0 Å². The van der Waals surface area contributed by atoms with Crippen molar-refractivity contribution < 1.29 is 0 Å². The second-order valence-electron chi connectivity index (χ2n) is 4.93. The van der Waals surface area contributed by atoms with Crippen LogP contribution in [-0.2, 0) is 6.54 Å². The Labute approximate surface area is 103 Å². The molecule has 0 bridgehead atoms. The van der Waals surface area contributed by atoms with Crippen molar-refractivity contribution in [3.63, 3.8) is 0 Å². The third kappa shape index (κ3) is 3.33. The Morgan fingerprint density at radius 3 is 2.81 bits per heavy atom. The predicted octanol–water partition coefficient (Wildman–Crippen LogP) is 4.20. The zero-order valence-corrected chi connectivity index (χ0v) is 11.1. The van der Waals surface area contributed by atoms with Crippen molar-refractivity contribution in [3.8, 4) is 0 Å². The van der Waals surface area contributed by atoms with Gasteiger partial charge in [0.15, 0.2) is 0 Å². The summed E-state index contributed by atoms with van der Waals surface area (Å²) in [6.45, 7) is 3.37. The van der Waals surface area contributed by atoms with Crippen LogP contribution in [0.3, 0.4) is 0 Å². The van der Waals surface area contributed by atoms with E-state index < -0.39 is 0 Å². The van der Waals surface area contributed by atoms with Crippen molar-refractivity contribution in [1.82, 2.24) is 5.32 Å². The number of hydrogen-bond donors (Lipinski definition) is 1. The predicted molar refractivity (Wildman–Crippen MR) is 71.8 cm³/mol. The molecule has 1 aromatic rings. The lowest BCUT2D eigenvalue weighted by Crippen LogP contribution is -2.36. The fourth-order valence-electron chi connectivity index (χ4n) is 2.82. The van der Waals surface area contributed by atoms with Crippen molar-refractivity contribution in [2.45, 2.75) is 58.0 Å². The summed E-state index contributed by atoms with van der Waals surface area (Å²) in [4.78, 5) is 0. The van der Waals surface area contributed by atoms with E-state index in [0.717, 1.165) is 18.5 Å². The second kappa shape index (κ2) is 6.41. The van der Waals surface area contributed by atoms with E-state index in [9.17, 15) is 0 Å². The lowest BCUT2D eigenvalue weighted by Gasteiger charge is -2.30. The lowest BCUT2D eigenvalue weighted by atomic mass is 9.83.